The van der Waals surface area contributed by atoms with Crippen LogP contribution in [0, 0.1) is 0 Å². The van der Waals surface area contributed by atoms with E-state index in [0.29, 0.717) is 18.9 Å². The number of halogens is 1. The van der Waals surface area contributed by atoms with Crippen LogP contribution in [0.3, 0.4) is 0 Å². The summed E-state index contributed by atoms with van der Waals surface area (Å²) in [5.41, 5.74) is -0.985. The molecule has 1 aliphatic heterocycles. The lowest BCUT2D eigenvalue weighted by Crippen LogP contribution is -2.28. The zero-order valence-electron chi connectivity index (χ0n) is 6.90. The standard InChI is InChI=1S/C8H9BrN2O2/c9-6-3-10-7(11-4-6)8(12)1-2-13-5-8/h3-4,12H,1-2,5H2. The van der Waals surface area contributed by atoms with Crippen molar-refractivity contribution in [2.75, 3.05) is 13.2 Å². The molecule has 2 heterocycles. The van der Waals surface area contributed by atoms with Crippen LogP contribution in [0.1, 0.15) is 12.2 Å². The van der Waals surface area contributed by atoms with Crippen LogP contribution in [0.25, 0.3) is 0 Å². The summed E-state index contributed by atoms with van der Waals surface area (Å²) in [7, 11) is 0. The van der Waals surface area contributed by atoms with Gasteiger partial charge in [-0.05, 0) is 15.9 Å². The minimum atomic E-state index is -0.985. The average molecular weight is 245 g/mol. The lowest BCUT2D eigenvalue weighted by Gasteiger charge is -2.17. The highest BCUT2D eigenvalue weighted by molar-refractivity contribution is 9.10. The summed E-state index contributed by atoms with van der Waals surface area (Å²) in [5.74, 6) is 0.438. The number of nitrogens with zero attached hydrogens (tertiary/aromatic N) is 2. The molecule has 70 valence electrons. The molecule has 0 aromatic carbocycles. The largest absolute Gasteiger partial charge is 0.379 e. The quantitative estimate of drug-likeness (QED) is 0.796. The Labute approximate surface area is 84.1 Å². The number of hydrogen-bond acceptors (Lipinski definition) is 4. The van der Waals surface area contributed by atoms with Crippen LogP contribution in [-0.2, 0) is 10.3 Å². The van der Waals surface area contributed by atoms with E-state index in [1.54, 1.807) is 12.4 Å². The van der Waals surface area contributed by atoms with Crippen LogP contribution < -0.4 is 0 Å². The normalized spacial score (nSPS) is 27.8. The molecule has 1 aromatic rings. The van der Waals surface area contributed by atoms with E-state index in [1.807, 2.05) is 0 Å². The summed E-state index contributed by atoms with van der Waals surface area (Å²) in [6.07, 6.45) is 3.81. The van der Waals surface area contributed by atoms with E-state index in [1.165, 1.54) is 0 Å². The summed E-state index contributed by atoms with van der Waals surface area (Å²) in [4.78, 5) is 8.09. The second-order valence-electron chi connectivity index (χ2n) is 3.06. The van der Waals surface area contributed by atoms with Crippen molar-refractivity contribution in [3.05, 3.63) is 22.7 Å². The fourth-order valence-corrected chi connectivity index (χ4v) is 1.49. The van der Waals surface area contributed by atoms with Crippen LogP contribution in [0.5, 0.6) is 0 Å². The molecular formula is C8H9BrN2O2. The summed E-state index contributed by atoms with van der Waals surface area (Å²) < 4.78 is 5.91. The first-order chi connectivity index (χ1) is 6.21. The van der Waals surface area contributed by atoms with Gasteiger partial charge >= 0.3 is 0 Å². The fourth-order valence-electron chi connectivity index (χ4n) is 1.28. The Balaban J connectivity index is 2.29. The molecule has 1 N–H and O–H groups in total. The molecule has 1 aromatic heterocycles. The average Bonchev–Trinajstić information content (AvgIpc) is 2.54. The Morgan fingerprint density at radius 1 is 1.46 bits per heavy atom. The number of aromatic nitrogens is 2. The molecule has 1 unspecified atom stereocenters. The molecule has 13 heavy (non-hydrogen) atoms. The van der Waals surface area contributed by atoms with Gasteiger partial charge in [0.1, 0.15) is 5.60 Å². The van der Waals surface area contributed by atoms with E-state index in [-0.39, 0.29) is 6.61 Å². The smallest absolute Gasteiger partial charge is 0.162 e. The molecule has 1 saturated heterocycles. The van der Waals surface area contributed by atoms with E-state index < -0.39 is 5.60 Å². The molecule has 4 nitrogen and oxygen atoms in total. The first-order valence-corrected chi connectivity index (χ1v) is 4.78. The highest BCUT2D eigenvalue weighted by Crippen LogP contribution is 2.27. The fraction of sp³-hybridized carbons (Fsp3) is 0.500. The Hall–Kier alpha value is -0.520. The third-order valence-corrected chi connectivity index (χ3v) is 2.45. The predicted octanol–water partition coefficient (Wildman–Crippen LogP) is 0.847. The van der Waals surface area contributed by atoms with Gasteiger partial charge in [-0.2, -0.15) is 0 Å². The summed E-state index contributed by atoms with van der Waals surface area (Å²) in [6.45, 7) is 0.852. The van der Waals surface area contributed by atoms with Crippen molar-refractivity contribution in [1.29, 1.82) is 0 Å². The van der Waals surface area contributed by atoms with Gasteiger partial charge in [0.25, 0.3) is 0 Å². The van der Waals surface area contributed by atoms with Crippen LogP contribution in [0.4, 0.5) is 0 Å². The second kappa shape index (κ2) is 3.32. The molecule has 1 atom stereocenters. The molecule has 0 spiro atoms. The zero-order chi connectivity index (χ0) is 9.31. The Bertz CT molecular complexity index is 296. The Morgan fingerprint density at radius 3 is 2.69 bits per heavy atom. The maximum atomic E-state index is 9.99. The van der Waals surface area contributed by atoms with Crippen LogP contribution in [-0.4, -0.2) is 28.3 Å². The molecule has 2 rings (SSSR count). The van der Waals surface area contributed by atoms with Gasteiger partial charge in [-0.15, -0.1) is 0 Å². The maximum Gasteiger partial charge on any atom is 0.162 e. The zero-order valence-corrected chi connectivity index (χ0v) is 8.49. The summed E-state index contributed by atoms with van der Waals surface area (Å²) in [5, 5.41) is 9.99. The van der Waals surface area contributed by atoms with Crippen LogP contribution in [0.15, 0.2) is 16.9 Å². The van der Waals surface area contributed by atoms with Gasteiger partial charge in [0.2, 0.25) is 0 Å². The molecule has 1 aliphatic rings. The predicted molar refractivity (Wildman–Crippen MR) is 49.1 cm³/mol. The van der Waals surface area contributed by atoms with Crippen molar-refractivity contribution in [3.63, 3.8) is 0 Å². The van der Waals surface area contributed by atoms with E-state index in [4.69, 9.17) is 4.74 Å². The van der Waals surface area contributed by atoms with Crippen LogP contribution >= 0.6 is 15.9 Å². The molecule has 0 saturated carbocycles. The van der Waals surface area contributed by atoms with Crippen molar-refractivity contribution >= 4 is 15.9 Å². The lowest BCUT2D eigenvalue weighted by atomic mass is 10.0. The third-order valence-electron chi connectivity index (χ3n) is 2.04. The van der Waals surface area contributed by atoms with Gasteiger partial charge in [-0.3, -0.25) is 0 Å². The van der Waals surface area contributed by atoms with Gasteiger partial charge in [0.05, 0.1) is 17.7 Å². The van der Waals surface area contributed by atoms with Crippen molar-refractivity contribution in [2.24, 2.45) is 0 Å². The van der Waals surface area contributed by atoms with Gasteiger partial charge in [0, 0.05) is 18.8 Å². The van der Waals surface area contributed by atoms with Gasteiger partial charge in [-0.25, -0.2) is 9.97 Å². The Morgan fingerprint density at radius 2 is 2.15 bits per heavy atom. The first-order valence-electron chi connectivity index (χ1n) is 3.99. The SMILES string of the molecule is OC1(c2ncc(Br)cn2)CCOC1. The van der Waals surface area contributed by atoms with Crippen LogP contribution in [0.2, 0.25) is 0 Å². The summed E-state index contributed by atoms with van der Waals surface area (Å²) in [6, 6.07) is 0. The Kier molecular flexibility index (Phi) is 2.31. The molecule has 0 aliphatic carbocycles. The number of ether oxygens (including phenoxy) is 1. The summed E-state index contributed by atoms with van der Waals surface area (Å²) >= 11 is 3.23. The van der Waals surface area contributed by atoms with Gasteiger partial charge in [-0.1, -0.05) is 0 Å². The van der Waals surface area contributed by atoms with Crippen molar-refractivity contribution in [2.45, 2.75) is 12.0 Å². The van der Waals surface area contributed by atoms with E-state index >= 15 is 0 Å². The highest BCUT2D eigenvalue weighted by atomic mass is 79.9. The third kappa shape index (κ3) is 1.72. The minimum Gasteiger partial charge on any atom is -0.379 e. The van der Waals surface area contributed by atoms with Crippen molar-refractivity contribution in [1.82, 2.24) is 9.97 Å². The number of aliphatic hydroxyl groups is 1. The molecule has 1 fully saturated rings. The lowest BCUT2D eigenvalue weighted by molar-refractivity contribution is 0.0153. The molecular weight excluding hydrogens is 236 g/mol. The second-order valence-corrected chi connectivity index (χ2v) is 3.97. The van der Waals surface area contributed by atoms with Gasteiger partial charge in [0.15, 0.2) is 5.82 Å². The number of hydrogen-bond donors (Lipinski definition) is 1. The maximum absolute atomic E-state index is 9.99. The monoisotopic (exact) mass is 244 g/mol. The topological polar surface area (TPSA) is 55.2 Å². The molecule has 0 amide bonds. The van der Waals surface area contributed by atoms with Gasteiger partial charge < -0.3 is 9.84 Å². The van der Waals surface area contributed by atoms with Crippen molar-refractivity contribution in [3.8, 4) is 0 Å². The van der Waals surface area contributed by atoms with Crippen molar-refractivity contribution < 1.29 is 9.84 Å². The molecule has 0 radical (unpaired) electrons. The number of rotatable bonds is 1. The first kappa shape index (κ1) is 9.05. The van der Waals surface area contributed by atoms with E-state index in [9.17, 15) is 5.11 Å². The molecule has 5 heteroatoms. The van der Waals surface area contributed by atoms with E-state index in [2.05, 4.69) is 25.9 Å². The minimum absolute atomic E-state index is 0.286. The van der Waals surface area contributed by atoms with E-state index in [0.717, 1.165) is 4.47 Å². The highest BCUT2D eigenvalue weighted by Gasteiger charge is 2.36. The molecule has 0 bridgehead atoms.